The van der Waals surface area contributed by atoms with Crippen molar-refractivity contribution in [3.05, 3.63) is 63.1 Å². The number of benzene rings is 2. The van der Waals surface area contributed by atoms with Crippen molar-refractivity contribution in [2.24, 2.45) is 0 Å². The standard InChI is InChI=1S/C13H9BrClF2NO2S/c14-10-6-9(2-3-11(10)15)21(19,20)18-7-8-1-4-12(16)13(17)5-8/h1-6,18H,7H2. The van der Waals surface area contributed by atoms with Crippen LogP contribution in [0, 0.1) is 11.6 Å². The minimum atomic E-state index is -3.78. The third kappa shape index (κ3) is 4.00. The van der Waals surface area contributed by atoms with E-state index in [1.165, 1.54) is 24.3 Å². The maximum absolute atomic E-state index is 13.0. The quantitative estimate of drug-likeness (QED) is 0.853. The molecule has 0 aliphatic carbocycles. The van der Waals surface area contributed by atoms with Gasteiger partial charge in [0.15, 0.2) is 11.6 Å². The van der Waals surface area contributed by atoms with Gasteiger partial charge in [0.1, 0.15) is 0 Å². The van der Waals surface area contributed by atoms with Crippen LogP contribution in [-0.4, -0.2) is 8.42 Å². The summed E-state index contributed by atoms with van der Waals surface area (Å²) in [6, 6.07) is 7.33. The molecule has 2 rings (SSSR count). The summed E-state index contributed by atoms with van der Waals surface area (Å²) in [5.74, 6) is -2.01. The van der Waals surface area contributed by atoms with Crippen LogP contribution in [-0.2, 0) is 16.6 Å². The van der Waals surface area contributed by atoms with Gasteiger partial charge in [-0.2, -0.15) is 0 Å². The van der Waals surface area contributed by atoms with Crippen LogP contribution in [0.2, 0.25) is 5.02 Å². The van der Waals surface area contributed by atoms with E-state index in [0.29, 0.717) is 15.1 Å². The molecule has 0 aliphatic rings. The normalized spacial score (nSPS) is 11.6. The molecule has 112 valence electrons. The van der Waals surface area contributed by atoms with Crippen LogP contribution in [0.4, 0.5) is 8.78 Å². The Morgan fingerprint density at radius 1 is 1.10 bits per heavy atom. The lowest BCUT2D eigenvalue weighted by Crippen LogP contribution is -2.23. The smallest absolute Gasteiger partial charge is 0.207 e. The summed E-state index contributed by atoms with van der Waals surface area (Å²) in [6.07, 6.45) is 0. The van der Waals surface area contributed by atoms with Crippen LogP contribution >= 0.6 is 27.5 Å². The zero-order chi connectivity index (χ0) is 15.6. The Balaban J connectivity index is 2.17. The van der Waals surface area contributed by atoms with Gasteiger partial charge in [-0.05, 0) is 51.8 Å². The number of hydrogen-bond donors (Lipinski definition) is 1. The molecule has 0 atom stereocenters. The van der Waals surface area contributed by atoms with Crippen molar-refractivity contribution in [3.63, 3.8) is 0 Å². The molecule has 0 aliphatic heterocycles. The summed E-state index contributed by atoms with van der Waals surface area (Å²) >= 11 is 8.93. The average Bonchev–Trinajstić information content (AvgIpc) is 2.43. The highest BCUT2D eigenvalue weighted by Crippen LogP contribution is 2.25. The van der Waals surface area contributed by atoms with E-state index < -0.39 is 21.7 Å². The average molecular weight is 397 g/mol. The Labute approximate surface area is 134 Å². The van der Waals surface area contributed by atoms with Crippen molar-refractivity contribution in [1.29, 1.82) is 0 Å². The van der Waals surface area contributed by atoms with Crippen LogP contribution in [0.5, 0.6) is 0 Å². The molecule has 2 aromatic carbocycles. The minimum Gasteiger partial charge on any atom is -0.207 e. The van der Waals surface area contributed by atoms with Crippen molar-refractivity contribution in [2.45, 2.75) is 11.4 Å². The van der Waals surface area contributed by atoms with E-state index >= 15 is 0 Å². The zero-order valence-electron chi connectivity index (χ0n) is 10.4. The molecule has 0 unspecified atom stereocenters. The zero-order valence-corrected chi connectivity index (χ0v) is 13.6. The van der Waals surface area contributed by atoms with Gasteiger partial charge in [0.2, 0.25) is 10.0 Å². The van der Waals surface area contributed by atoms with Gasteiger partial charge in [-0.25, -0.2) is 21.9 Å². The second kappa shape index (κ2) is 6.39. The van der Waals surface area contributed by atoms with Crippen molar-refractivity contribution < 1.29 is 17.2 Å². The molecule has 0 radical (unpaired) electrons. The first-order valence-corrected chi connectivity index (χ1v) is 8.33. The lowest BCUT2D eigenvalue weighted by molar-refractivity contribution is 0.506. The SMILES string of the molecule is O=S(=O)(NCc1ccc(F)c(F)c1)c1ccc(Cl)c(Br)c1. The van der Waals surface area contributed by atoms with Gasteiger partial charge in [-0.1, -0.05) is 17.7 Å². The molecule has 0 aromatic heterocycles. The predicted molar refractivity (Wildman–Crippen MR) is 79.5 cm³/mol. The van der Waals surface area contributed by atoms with Crippen LogP contribution in [0.25, 0.3) is 0 Å². The van der Waals surface area contributed by atoms with Gasteiger partial charge < -0.3 is 0 Å². The fourth-order valence-corrected chi connectivity index (χ4v) is 3.25. The molecule has 0 amide bonds. The molecule has 0 fully saturated rings. The molecule has 1 N–H and O–H groups in total. The van der Waals surface area contributed by atoms with E-state index in [9.17, 15) is 17.2 Å². The van der Waals surface area contributed by atoms with E-state index in [4.69, 9.17) is 11.6 Å². The Bertz CT molecular complexity index is 784. The monoisotopic (exact) mass is 395 g/mol. The van der Waals surface area contributed by atoms with E-state index in [2.05, 4.69) is 20.7 Å². The summed E-state index contributed by atoms with van der Waals surface area (Å²) < 4.78 is 52.7. The Kier molecular flexibility index (Phi) is 4.98. The first kappa shape index (κ1) is 16.4. The highest BCUT2D eigenvalue weighted by Gasteiger charge is 2.15. The summed E-state index contributed by atoms with van der Waals surface area (Å²) in [5.41, 5.74) is 0.311. The summed E-state index contributed by atoms with van der Waals surface area (Å²) in [7, 11) is -3.78. The van der Waals surface area contributed by atoms with E-state index in [-0.39, 0.29) is 11.4 Å². The fraction of sp³-hybridized carbons (Fsp3) is 0.0769. The largest absolute Gasteiger partial charge is 0.240 e. The third-order valence-electron chi connectivity index (χ3n) is 2.65. The van der Waals surface area contributed by atoms with Crippen molar-refractivity contribution in [1.82, 2.24) is 4.72 Å². The van der Waals surface area contributed by atoms with Crippen LogP contribution < -0.4 is 4.72 Å². The predicted octanol–water partition coefficient (Wildman–Crippen LogP) is 3.86. The molecule has 3 nitrogen and oxygen atoms in total. The summed E-state index contributed by atoms with van der Waals surface area (Å²) in [5, 5.41) is 0.384. The topological polar surface area (TPSA) is 46.2 Å². The van der Waals surface area contributed by atoms with Gasteiger partial charge in [-0.15, -0.1) is 0 Å². The molecule has 2 aromatic rings. The maximum atomic E-state index is 13.0. The molecule has 0 heterocycles. The Hall–Kier alpha value is -1.02. The number of nitrogens with one attached hydrogen (secondary N) is 1. The lowest BCUT2D eigenvalue weighted by Gasteiger charge is -2.08. The Morgan fingerprint density at radius 2 is 1.81 bits per heavy atom. The van der Waals surface area contributed by atoms with E-state index in [1.54, 1.807) is 0 Å². The van der Waals surface area contributed by atoms with Crippen molar-refractivity contribution in [2.75, 3.05) is 0 Å². The third-order valence-corrected chi connectivity index (χ3v) is 5.26. The number of rotatable bonds is 4. The van der Waals surface area contributed by atoms with Gasteiger partial charge >= 0.3 is 0 Å². The first-order valence-electron chi connectivity index (χ1n) is 5.68. The Morgan fingerprint density at radius 3 is 2.43 bits per heavy atom. The van der Waals surface area contributed by atoms with E-state index in [1.807, 2.05) is 0 Å². The molecule has 0 saturated carbocycles. The van der Waals surface area contributed by atoms with Gasteiger partial charge in [0, 0.05) is 11.0 Å². The van der Waals surface area contributed by atoms with Gasteiger partial charge in [0.05, 0.1) is 9.92 Å². The molecule has 0 saturated heterocycles. The molecule has 21 heavy (non-hydrogen) atoms. The number of halogens is 4. The summed E-state index contributed by atoms with van der Waals surface area (Å²) in [6.45, 7) is -0.153. The van der Waals surface area contributed by atoms with Crippen LogP contribution in [0.15, 0.2) is 45.8 Å². The number of hydrogen-bond acceptors (Lipinski definition) is 2. The fourth-order valence-electron chi connectivity index (χ4n) is 1.56. The first-order chi connectivity index (χ1) is 9.79. The van der Waals surface area contributed by atoms with Crippen LogP contribution in [0.1, 0.15) is 5.56 Å². The highest BCUT2D eigenvalue weighted by atomic mass is 79.9. The van der Waals surface area contributed by atoms with Gasteiger partial charge in [-0.3, -0.25) is 0 Å². The number of sulfonamides is 1. The second-order valence-corrected chi connectivity index (χ2v) is 7.18. The molecule has 8 heteroatoms. The van der Waals surface area contributed by atoms with Crippen LogP contribution in [0.3, 0.4) is 0 Å². The summed E-state index contributed by atoms with van der Waals surface area (Å²) in [4.78, 5) is 0.0151. The van der Waals surface area contributed by atoms with E-state index in [0.717, 1.165) is 12.1 Å². The van der Waals surface area contributed by atoms with Crippen molar-refractivity contribution >= 4 is 37.6 Å². The highest BCUT2D eigenvalue weighted by molar-refractivity contribution is 9.10. The molecular formula is C13H9BrClF2NO2S. The maximum Gasteiger partial charge on any atom is 0.240 e. The molecule has 0 spiro atoms. The second-order valence-electron chi connectivity index (χ2n) is 4.15. The molecule has 0 bridgehead atoms. The molecular weight excluding hydrogens is 388 g/mol. The van der Waals surface area contributed by atoms with Crippen molar-refractivity contribution in [3.8, 4) is 0 Å². The lowest BCUT2D eigenvalue weighted by atomic mass is 10.2. The minimum absolute atomic E-state index is 0.0151. The van der Waals surface area contributed by atoms with Gasteiger partial charge in [0.25, 0.3) is 0 Å².